The predicted octanol–water partition coefficient (Wildman–Crippen LogP) is 5.54. The number of nitrogens with one attached hydrogen (secondary N) is 1. The van der Waals surface area contributed by atoms with Crippen LogP contribution in [-0.2, 0) is 26.2 Å². The van der Waals surface area contributed by atoms with Crippen molar-refractivity contribution in [2.75, 3.05) is 17.1 Å². The topological polar surface area (TPSA) is 86.8 Å². The first-order chi connectivity index (χ1) is 16.9. The van der Waals surface area contributed by atoms with Crippen molar-refractivity contribution in [3.63, 3.8) is 0 Å². The molecule has 0 radical (unpaired) electrons. The van der Waals surface area contributed by atoms with E-state index in [1.807, 2.05) is 0 Å². The van der Waals surface area contributed by atoms with Gasteiger partial charge in [-0.3, -0.25) is 13.9 Å². The summed E-state index contributed by atoms with van der Waals surface area (Å²) >= 11 is 24.5. The molecule has 0 heterocycles. The van der Waals surface area contributed by atoms with Gasteiger partial charge in [-0.2, -0.15) is 0 Å². The zero-order valence-electron chi connectivity index (χ0n) is 19.8. The van der Waals surface area contributed by atoms with Crippen molar-refractivity contribution in [3.8, 4) is 0 Å². The van der Waals surface area contributed by atoms with Gasteiger partial charge in [-0.1, -0.05) is 71.4 Å². The second-order valence-corrected chi connectivity index (χ2v) is 12.4. The van der Waals surface area contributed by atoms with Crippen molar-refractivity contribution >= 4 is 73.9 Å². The van der Waals surface area contributed by atoms with Crippen molar-refractivity contribution in [1.29, 1.82) is 0 Å². The third-order valence-electron chi connectivity index (χ3n) is 6.05. The zero-order valence-corrected chi connectivity index (χ0v) is 23.6. The Labute approximate surface area is 231 Å². The second-order valence-electron chi connectivity index (χ2n) is 8.80. The number of sulfonamides is 1. The average molecular weight is 595 g/mol. The highest BCUT2D eigenvalue weighted by Gasteiger charge is 2.32. The van der Waals surface area contributed by atoms with Crippen LogP contribution in [0.2, 0.25) is 20.1 Å². The Kier molecular flexibility index (Phi) is 9.80. The minimum Gasteiger partial charge on any atom is -0.352 e. The maximum Gasteiger partial charge on any atom is 0.244 e. The Hall–Kier alpha value is -1.71. The monoisotopic (exact) mass is 593 g/mol. The summed E-state index contributed by atoms with van der Waals surface area (Å²) < 4.78 is 26.3. The van der Waals surface area contributed by atoms with E-state index in [2.05, 4.69) is 5.32 Å². The number of carbonyl (C=O) groups excluding carboxylic acids is 2. The first kappa shape index (κ1) is 28.9. The molecule has 0 saturated heterocycles. The summed E-state index contributed by atoms with van der Waals surface area (Å²) in [5, 5.41) is 3.72. The number of carbonyl (C=O) groups is 2. The van der Waals surface area contributed by atoms with Gasteiger partial charge in [-0.15, -0.1) is 0 Å². The van der Waals surface area contributed by atoms with Crippen molar-refractivity contribution < 1.29 is 18.0 Å². The van der Waals surface area contributed by atoms with Crippen molar-refractivity contribution in [1.82, 2.24) is 10.2 Å². The fourth-order valence-corrected chi connectivity index (χ4v) is 5.86. The molecule has 1 saturated carbocycles. The molecule has 2 amide bonds. The molecule has 1 aliphatic rings. The maximum atomic E-state index is 13.6. The minimum atomic E-state index is -3.96. The van der Waals surface area contributed by atoms with Gasteiger partial charge in [0.1, 0.15) is 12.6 Å². The molecule has 0 unspecified atom stereocenters. The Morgan fingerprint density at radius 1 is 1.03 bits per heavy atom. The molecule has 0 aromatic heterocycles. The average Bonchev–Trinajstić information content (AvgIpc) is 3.30. The second kappa shape index (κ2) is 12.2. The van der Waals surface area contributed by atoms with Gasteiger partial charge in [0.2, 0.25) is 21.8 Å². The third kappa shape index (κ3) is 7.42. The summed E-state index contributed by atoms with van der Waals surface area (Å²) in [4.78, 5) is 28.0. The highest BCUT2D eigenvalue weighted by molar-refractivity contribution is 7.92. The maximum absolute atomic E-state index is 13.6. The van der Waals surface area contributed by atoms with Crippen LogP contribution < -0.4 is 9.62 Å². The quantitative estimate of drug-likeness (QED) is 0.386. The molecular weight excluding hydrogens is 568 g/mol. The lowest BCUT2D eigenvalue weighted by Gasteiger charge is -2.32. The molecule has 7 nitrogen and oxygen atoms in total. The smallest absolute Gasteiger partial charge is 0.244 e. The van der Waals surface area contributed by atoms with Crippen molar-refractivity contribution in [3.05, 3.63) is 62.1 Å². The Morgan fingerprint density at radius 2 is 1.67 bits per heavy atom. The molecule has 1 atom stereocenters. The Morgan fingerprint density at radius 3 is 2.28 bits per heavy atom. The number of rotatable bonds is 9. The number of amides is 2. The van der Waals surface area contributed by atoms with E-state index in [9.17, 15) is 18.0 Å². The van der Waals surface area contributed by atoms with Gasteiger partial charge in [0.25, 0.3) is 0 Å². The molecule has 0 aliphatic heterocycles. The lowest BCUT2D eigenvalue weighted by atomic mass is 10.1. The van der Waals surface area contributed by atoms with E-state index < -0.39 is 28.5 Å². The van der Waals surface area contributed by atoms with E-state index in [0.29, 0.717) is 10.6 Å². The largest absolute Gasteiger partial charge is 0.352 e. The Balaban J connectivity index is 1.93. The Bertz CT molecular complexity index is 1240. The van der Waals surface area contributed by atoms with Crippen molar-refractivity contribution in [2.45, 2.75) is 51.2 Å². The number of hydrogen-bond donors (Lipinski definition) is 1. The number of hydrogen-bond acceptors (Lipinski definition) is 4. The predicted molar refractivity (Wildman–Crippen MR) is 146 cm³/mol. The number of benzene rings is 2. The lowest BCUT2D eigenvalue weighted by Crippen LogP contribution is -2.52. The first-order valence-corrected chi connectivity index (χ1v) is 14.7. The summed E-state index contributed by atoms with van der Waals surface area (Å²) in [6, 6.07) is 8.69. The lowest BCUT2D eigenvalue weighted by molar-refractivity contribution is -0.139. The number of anilines is 1. The van der Waals surface area contributed by atoms with Gasteiger partial charge in [-0.05, 0) is 49.6 Å². The SMILES string of the molecule is C[C@H](C(=O)NC1CCCC1)N(Cc1cccc(Cl)c1)C(=O)CN(c1cc(Cl)c(Cl)cc1Cl)S(C)(=O)=O. The molecule has 1 N–H and O–H groups in total. The summed E-state index contributed by atoms with van der Waals surface area (Å²) in [5.41, 5.74) is 0.697. The van der Waals surface area contributed by atoms with Gasteiger partial charge in [0.15, 0.2) is 0 Å². The summed E-state index contributed by atoms with van der Waals surface area (Å²) in [7, 11) is -3.96. The van der Waals surface area contributed by atoms with Gasteiger partial charge < -0.3 is 10.2 Å². The fourth-order valence-electron chi connectivity index (χ4n) is 4.10. The van der Waals surface area contributed by atoms with Gasteiger partial charge >= 0.3 is 0 Å². The van der Waals surface area contributed by atoms with Crippen LogP contribution in [-0.4, -0.2) is 50.0 Å². The first-order valence-electron chi connectivity index (χ1n) is 11.3. The summed E-state index contributed by atoms with van der Waals surface area (Å²) in [5.74, 6) is -0.910. The summed E-state index contributed by atoms with van der Waals surface area (Å²) in [6.45, 7) is 1.06. The highest BCUT2D eigenvalue weighted by atomic mass is 35.5. The highest BCUT2D eigenvalue weighted by Crippen LogP contribution is 2.35. The molecule has 36 heavy (non-hydrogen) atoms. The molecule has 0 spiro atoms. The van der Waals surface area contributed by atoms with Crippen LogP contribution in [0.15, 0.2) is 36.4 Å². The molecule has 12 heteroatoms. The van der Waals surface area contributed by atoms with E-state index in [4.69, 9.17) is 46.4 Å². The van der Waals surface area contributed by atoms with Crippen molar-refractivity contribution in [2.24, 2.45) is 0 Å². The molecule has 1 aliphatic carbocycles. The molecule has 1 fully saturated rings. The van der Waals surface area contributed by atoms with Crippen LogP contribution in [0.25, 0.3) is 0 Å². The molecule has 2 aromatic rings. The normalized spacial score (nSPS) is 14.9. The molecule has 0 bridgehead atoms. The summed E-state index contributed by atoms with van der Waals surface area (Å²) in [6.07, 6.45) is 4.81. The number of nitrogens with zero attached hydrogens (tertiary/aromatic N) is 2. The van der Waals surface area contributed by atoms with Crippen LogP contribution in [0.5, 0.6) is 0 Å². The van der Waals surface area contributed by atoms with E-state index >= 15 is 0 Å². The molecule has 3 rings (SSSR count). The van der Waals surface area contributed by atoms with E-state index in [0.717, 1.165) is 36.2 Å². The van der Waals surface area contributed by atoms with Crippen LogP contribution in [0.3, 0.4) is 0 Å². The van der Waals surface area contributed by atoms with E-state index in [1.165, 1.54) is 17.0 Å². The minimum absolute atomic E-state index is 0.00711. The molecular formula is C24H27Cl4N3O4S. The van der Waals surface area contributed by atoms with E-state index in [1.54, 1.807) is 31.2 Å². The molecule has 196 valence electrons. The number of halogens is 4. The molecule has 2 aromatic carbocycles. The van der Waals surface area contributed by atoms with Gasteiger partial charge in [-0.25, -0.2) is 8.42 Å². The van der Waals surface area contributed by atoms with Crippen LogP contribution in [0.4, 0.5) is 5.69 Å². The van der Waals surface area contributed by atoms with Gasteiger partial charge in [0, 0.05) is 17.6 Å². The standard InChI is InChI=1S/C24H27Cl4N3O4S/c1-15(24(33)29-18-8-3-4-9-18)30(13-16-6-5-7-17(25)10-16)23(32)14-31(36(2,34)35)22-12-20(27)19(26)11-21(22)28/h5-7,10-12,15,18H,3-4,8-9,13-14H2,1-2H3,(H,29,33)/t15-/m1/s1. The van der Waals surface area contributed by atoms with Crippen LogP contribution in [0, 0.1) is 0 Å². The zero-order chi connectivity index (χ0) is 26.6. The van der Waals surface area contributed by atoms with Crippen LogP contribution >= 0.6 is 46.4 Å². The van der Waals surface area contributed by atoms with E-state index in [-0.39, 0.29) is 39.2 Å². The van der Waals surface area contributed by atoms with Gasteiger partial charge in [0.05, 0.1) is 27.0 Å². The van der Waals surface area contributed by atoms with Crippen LogP contribution in [0.1, 0.15) is 38.2 Å². The third-order valence-corrected chi connectivity index (χ3v) is 8.43. The fraction of sp³-hybridized carbons (Fsp3) is 0.417.